The Kier molecular flexibility index (Phi) is 4.68. The summed E-state index contributed by atoms with van der Waals surface area (Å²) in [6, 6.07) is 6.11. The Hall–Kier alpha value is -0.540. The summed E-state index contributed by atoms with van der Waals surface area (Å²) in [4.78, 5) is 0. The molecule has 1 fully saturated rings. The molecule has 100 valence electrons. The molecule has 0 heterocycles. The number of halogens is 1. The molecular weight excluding hydrogens is 288 g/mol. The predicted octanol–water partition coefficient (Wildman–Crippen LogP) is 4.09. The van der Waals surface area contributed by atoms with E-state index in [0.29, 0.717) is 5.41 Å². The highest BCUT2D eigenvalue weighted by Crippen LogP contribution is 2.35. The van der Waals surface area contributed by atoms with Gasteiger partial charge in [-0.2, -0.15) is 0 Å². The van der Waals surface area contributed by atoms with Crippen LogP contribution in [-0.2, 0) is 6.54 Å². The van der Waals surface area contributed by atoms with Gasteiger partial charge in [-0.3, -0.25) is 0 Å². The minimum Gasteiger partial charge on any atom is -0.399 e. The van der Waals surface area contributed by atoms with Crippen LogP contribution in [0, 0.1) is 5.41 Å². The molecule has 0 saturated heterocycles. The van der Waals surface area contributed by atoms with Crippen LogP contribution in [0.25, 0.3) is 0 Å². The van der Waals surface area contributed by atoms with Gasteiger partial charge in [0, 0.05) is 23.2 Å². The van der Waals surface area contributed by atoms with Gasteiger partial charge in [-0.05, 0) is 42.0 Å². The predicted molar refractivity (Wildman–Crippen MR) is 81.5 cm³/mol. The van der Waals surface area contributed by atoms with E-state index < -0.39 is 0 Å². The first-order valence-corrected chi connectivity index (χ1v) is 7.62. The van der Waals surface area contributed by atoms with Gasteiger partial charge in [-0.1, -0.05) is 42.1 Å². The fourth-order valence-electron chi connectivity index (χ4n) is 2.87. The van der Waals surface area contributed by atoms with Crippen molar-refractivity contribution >= 4 is 21.6 Å². The summed E-state index contributed by atoms with van der Waals surface area (Å²) in [7, 11) is 0. The van der Waals surface area contributed by atoms with Gasteiger partial charge in [0.15, 0.2) is 0 Å². The maximum atomic E-state index is 5.84. The second-order valence-electron chi connectivity index (χ2n) is 5.87. The van der Waals surface area contributed by atoms with Gasteiger partial charge in [0.2, 0.25) is 0 Å². The molecule has 0 spiro atoms. The average molecular weight is 311 g/mol. The zero-order valence-corrected chi connectivity index (χ0v) is 12.7. The number of nitrogen functional groups attached to an aromatic ring is 1. The quantitative estimate of drug-likeness (QED) is 0.822. The molecule has 3 heteroatoms. The normalized spacial score (nSPS) is 18.8. The number of anilines is 1. The lowest BCUT2D eigenvalue weighted by atomic mass is 9.76. The summed E-state index contributed by atoms with van der Waals surface area (Å²) in [6.07, 6.45) is 6.92. The Morgan fingerprint density at radius 2 is 1.94 bits per heavy atom. The van der Waals surface area contributed by atoms with Crippen molar-refractivity contribution in [3.63, 3.8) is 0 Å². The van der Waals surface area contributed by atoms with Gasteiger partial charge in [0.1, 0.15) is 0 Å². The van der Waals surface area contributed by atoms with Crippen molar-refractivity contribution in [2.75, 3.05) is 12.3 Å². The van der Waals surface area contributed by atoms with E-state index in [-0.39, 0.29) is 0 Å². The SMILES string of the molecule is CC1(CNCc2cc(N)cc(Br)c2)CCCCC1. The number of benzene rings is 1. The first kappa shape index (κ1) is 13.9. The van der Waals surface area contributed by atoms with Crippen LogP contribution in [0.15, 0.2) is 22.7 Å². The summed E-state index contributed by atoms with van der Waals surface area (Å²) in [6.45, 7) is 4.42. The summed E-state index contributed by atoms with van der Waals surface area (Å²) >= 11 is 3.48. The molecule has 0 unspecified atom stereocenters. The minimum atomic E-state index is 0.496. The zero-order chi connectivity index (χ0) is 13.0. The Labute approximate surface area is 118 Å². The van der Waals surface area contributed by atoms with Gasteiger partial charge in [-0.25, -0.2) is 0 Å². The molecule has 18 heavy (non-hydrogen) atoms. The van der Waals surface area contributed by atoms with E-state index in [1.165, 1.54) is 37.7 Å². The van der Waals surface area contributed by atoms with Crippen LogP contribution < -0.4 is 11.1 Å². The van der Waals surface area contributed by atoms with E-state index in [1.807, 2.05) is 12.1 Å². The van der Waals surface area contributed by atoms with Crippen LogP contribution in [0.2, 0.25) is 0 Å². The maximum Gasteiger partial charge on any atom is 0.0328 e. The number of nitrogens with one attached hydrogen (secondary N) is 1. The molecule has 0 amide bonds. The fourth-order valence-corrected chi connectivity index (χ4v) is 3.43. The third kappa shape index (κ3) is 3.99. The van der Waals surface area contributed by atoms with Gasteiger partial charge in [0.25, 0.3) is 0 Å². The highest BCUT2D eigenvalue weighted by Gasteiger charge is 2.25. The number of hydrogen-bond acceptors (Lipinski definition) is 2. The molecule has 1 saturated carbocycles. The lowest BCUT2D eigenvalue weighted by molar-refractivity contribution is 0.207. The van der Waals surface area contributed by atoms with Crippen molar-refractivity contribution in [3.8, 4) is 0 Å². The maximum absolute atomic E-state index is 5.84. The molecule has 3 N–H and O–H groups in total. The molecule has 2 nitrogen and oxygen atoms in total. The van der Waals surface area contributed by atoms with Gasteiger partial charge in [0.05, 0.1) is 0 Å². The van der Waals surface area contributed by atoms with Crippen molar-refractivity contribution in [1.29, 1.82) is 0 Å². The van der Waals surface area contributed by atoms with E-state index >= 15 is 0 Å². The monoisotopic (exact) mass is 310 g/mol. The van der Waals surface area contributed by atoms with Crippen LogP contribution in [0.5, 0.6) is 0 Å². The summed E-state index contributed by atoms with van der Waals surface area (Å²) in [5, 5.41) is 3.59. The molecule has 0 atom stereocenters. The third-order valence-corrected chi connectivity index (χ3v) is 4.38. The molecule has 1 aromatic rings. The lowest BCUT2D eigenvalue weighted by Gasteiger charge is -2.33. The molecular formula is C15H23BrN2. The Balaban J connectivity index is 1.84. The molecule has 0 aliphatic heterocycles. The Morgan fingerprint density at radius 3 is 2.61 bits per heavy atom. The summed E-state index contributed by atoms with van der Waals surface area (Å²) in [5.41, 5.74) is 8.41. The fraction of sp³-hybridized carbons (Fsp3) is 0.600. The zero-order valence-electron chi connectivity index (χ0n) is 11.1. The van der Waals surface area contributed by atoms with Gasteiger partial charge < -0.3 is 11.1 Å². The molecule has 0 aromatic heterocycles. The first-order valence-electron chi connectivity index (χ1n) is 6.83. The van der Waals surface area contributed by atoms with Gasteiger partial charge >= 0.3 is 0 Å². The van der Waals surface area contributed by atoms with Crippen molar-refractivity contribution in [1.82, 2.24) is 5.32 Å². The number of rotatable bonds is 4. The summed E-state index contributed by atoms with van der Waals surface area (Å²) in [5.74, 6) is 0. The van der Waals surface area contributed by atoms with Crippen LogP contribution in [0.4, 0.5) is 5.69 Å². The molecule has 1 aliphatic rings. The molecule has 1 aliphatic carbocycles. The molecule has 2 rings (SSSR count). The molecule has 0 bridgehead atoms. The summed E-state index contributed by atoms with van der Waals surface area (Å²) < 4.78 is 1.06. The van der Waals surface area contributed by atoms with E-state index in [4.69, 9.17) is 5.73 Å². The van der Waals surface area contributed by atoms with Crippen molar-refractivity contribution < 1.29 is 0 Å². The molecule has 0 radical (unpaired) electrons. The minimum absolute atomic E-state index is 0.496. The smallest absolute Gasteiger partial charge is 0.0328 e. The molecule has 1 aromatic carbocycles. The Bertz CT molecular complexity index is 377. The van der Waals surface area contributed by atoms with Gasteiger partial charge in [-0.15, -0.1) is 0 Å². The second-order valence-corrected chi connectivity index (χ2v) is 6.78. The van der Waals surface area contributed by atoms with E-state index in [2.05, 4.69) is 34.2 Å². The van der Waals surface area contributed by atoms with Crippen LogP contribution in [0.1, 0.15) is 44.6 Å². The average Bonchev–Trinajstić information content (AvgIpc) is 2.28. The van der Waals surface area contributed by atoms with Crippen LogP contribution in [-0.4, -0.2) is 6.54 Å². The lowest BCUT2D eigenvalue weighted by Crippen LogP contribution is -2.33. The number of hydrogen-bond donors (Lipinski definition) is 2. The van der Waals surface area contributed by atoms with E-state index in [1.54, 1.807) is 0 Å². The topological polar surface area (TPSA) is 38.0 Å². The van der Waals surface area contributed by atoms with Crippen molar-refractivity contribution in [2.24, 2.45) is 5.41 Å². The van der Waals surface area contributed by atoms with Crippen molar-refractivity contribution in [2.45, 2.75) is 45.6 Å². The van der Waals surface area contributed by atoms with Crippen LogP contribution >= 0.6 is 15.9 Å². The standard InChI is InChI=1S/C15H23BrN2/c1-15(5-3-2-4-6-15)11-18-10-12-7-13(16)9-14(17)8-12/h7-9,18H,2-6,10-11,17H2,1H3. The van der Waals surface area contributed by atoms with E-state index in [9.17, 15) is 0 Å². The highest BCUT2D eigenvalue weighted by molar-refractivity contribution is 9.10. The Morgan fingerprint density at radius 1 is 1.22 bits per heavy atom. The highest BCUT2D eigenvalue weighted by atomic mass is 79.9. The van der Waals surface area contributed by atoms with Crippen LogP contribution in [0.3, 0.4) is 0 Å². The van der Waals surface area contributed by atoms with E-state index in [0.717, 1.165) is 23.2 Å². The van der Waals surface area contributed by atoms with Crippen molar-refractivity contribution in [3.05, 3.63) is 28.2 Å². The third-order valence-electron chi connectivity index (χ3n) is 3.92. The second kappa shape index (κ2) is 6.07. The first-order chi connectivity index (χ1) is 8.57. The largest absolute Gasteiger partial charge is 0.399 e. The number of nitrogens with two attached hydrogens (primary N) is 1.